The third kappa shape index (κ3) is 1.19. The van der Waals surface area contributed by atoms with E-state index < -0.39 is 0 Å². The summed E-state index contributed by atoms with van der Waals surface area (Å²) in [4.78, 5) is 0. The minimum atomic E-state index is -0.0895. The van der Waals surface area contributed by atoms with Gasteiger partial charge in [0.05, 0.1) is 12.2 Å². The molecule has 1 aliphatic heterocycles. The fourth-order valence-electron chi connectivity index (χ4n) is 1.95. The van der Waals surface area contributed by atoms with E-state index in [-0.39, 0.29) is 5.60 Å². The first-order valence-electron chi connectivity index (χ1n) is 4.76. The van der Waals surface area contributed by atoms with Crippen LogP contribution in [0.1, 0.15) is 36.1 Å². The average molecular weight is 176 g/mol. The quantitative estimate of drug-likeness (QED) is 0.590. The van der Waals surface area contributed by atoms with Crippen molar-refractivity contribution in [2.75, 3.05) is 0 Å². The van der Waals surface area contributed by atoms with E-state index in [2.05, 4.69) is 39.8 Å². The average Bonchev–Trinajstić information content (AvgIpc) is 2.35. The number of rotatable bonds is 0. The topological polar surface area (TPSA) is 9.23 Å². The van der Waals surface area contributed by atoms with Crippen molar-refractivity contribution in [3.63, 3.8) is 0 Å². The maximum absolute atomic E-state index is 5.75. The van der Waals surface area contributed by atoms with Gasteiger partial charge in [0.2, 0.25) is 0 Å². The van der Waals surface area contributed by atoms with Gasteiger partial charge in [0.15, 0.2) is 0 Å². The molecule has 0 atom stereocenters. The summed E-state index contributed by atoms with van der Waals surface area (Å²) in [5, 5.41) is 0. The summed E-state index contributed by atoms with van der Waals surface area (Å²) >= 11 is 0. The zero-order valence-electron chi connectivity index (χ0n) is 8.77. The Morgan fingerprint density at radius 1 is 1.23 bits per heavy atom. The highest BCUT2D eigenvalue weighted by Crippen LogP contribution is 2.37. The second-order valence-electron chi connectivity index (χ2n) is 4.33. The fraction of sp³-hybridized carbons (Fsp3) is 0.500. The first-order valence-corrected chi connectivity index (χ1v) is 4.76. The molecule has 0 N–H and O–H groups in total. The normalized spacial score (nSPS) is 18.8. The Morgan fingerprint density at radius 2 is 1.92 bits per heavy atom. The molecule has 1 heterocycles. The molecule has 2 rings (SSSR count). The van der Waals surface area contributed by atoms with Crippen LogP contribution < -0.4 is 0 Å². The van der Waals surface area contributed by atoms with Crippen LogP contribution in [0, 0.1) is 13.8 Å². The predicted molar refractivity (Wildman–Crippen MR) is 53.7 cm³/mol. The van der Waals surface area contributed by atoms with E-state index in [1.807, 2.05) is 0 Å². The summed E-state index contributed by atoms with van der Waals surface area (Å²) in [6.45, 7) is 9.37. The lowest BCUT2D eigenvalue weighted by Gasteiger charge is -2.18. The van der Waals surface area contributed by atoms with E-state index in [1.54, 1.807) is 0 Å². The lowest BCUT2D eigenvalue weighted by molar-refractivity contribution is -0.00796. The molecule has 0 aromatic heterocycles. The van der Waals surface area contributed by atoms with Crippen LogP contribution in [0.5, 0.6) is 0 Å². The molecule has 0 saturated heterocycles. The molecule has 70 valence electrons. The molecule has 0 unspecified atom stereocenters. The van der Waals surface area contributed by atoms with Gasteiger partial charge in [-0.1, -0.05) is 12.1 Å². The van der Waals surface area contributed by atoms with Gasteiger partial charge in [-0.3, -0.25) is 0 Å². The van der Waals surface area contributed by atoms with Gasteiger partial charge in [-0.2, -0.15) is 0 Å². The van der Waals surface area contributed by atoms with Crippen molar-refractivity contribution in [1.82, 2.24) is 0 Å². The lowest BCUT2D eigenvalue weighted by Crippen LogP contribution is -2.14. The van der Waals surface area contributed by atoms with Crippen LogP contribution in [0.25, 0.3) is 0 Å². The molecule has 1 nitrogen and oxygen atoms in total. The van der Waals surface area contributed by atoms with Gasteiger partial charge >= 0.3 is 0 Å². The highest BCUT2D eigenvalue weighted by molar-refractivity contribution is 5.43. The minimum Gasteiger partial charge on any atom is -0.366 e. The SMILES string of the molecule is Cc1ccc2c(c1C)COC2(C)C. The number of hydrogen-bond acceptors (Lipinski definition) is 1. The Hall–Kier alpha value is -0.820. The molecule has 0 amide bonds. The van der Waals surface area contributed by atoms with Gasteiger partial charge in [-0.15, -0.1) is 0 Å². The van der Waals surface area contributed by atoms with Gasteiger partial charge in [0.25, 0.3) is 0 Å². The van der Waals surface area contributed by atoms with Gasteiger partial charge in [-0.05, 0) is 49.9 Å². The largest absolute Gasteiger partial charge is 0.366 e. The molecule has 0 spiro atoms. The highest BCUT2D eigenvalue weighted by atomic mass is 16.5. The minimum absolute atomic E-state index is 0.0895. The molecule has 1 heteroatoms. The summed E-state index contributed by atoms with van der Waals surface area (Å²) < 4.78 is 5.75. The summed E-state index contributed by atoms with van der Waals surface area (Å²) in [5.74, 6) is 0. The van der Waals surface area contributed by atoms with E-state index in [0.717, 1.165) is 6.61 Å². The number of aryl methyl sites for hydroxylation is 1. The molecule has 1 aromatic carbocycles. The number of fused-ring (bicyclic) bond motifs is 1. The Bertz CT molecular complexity index is 350. The molecular weight excluding hydrogens is 160 g/mol. The predicted octanol–water partition coefficient (Wildman–Crippen LogP) is 3.07. The molecule has 1 aliphatic rings. The van der Waals surface area contributed by atoms with Gasteiger partial charge in [-0.25, -0.2) is 0 Å². The van der Waals surface area contributed by atoms with Crippen molar-refractivity contribution in [3.05, 3.63) is 34.4 Å². The zero-order valence-corrected chi connectivity index (χ0v) is 8.77. The maximum atomic E-state index is 5.75. The smallest absolute Gasteiger partial charge is 0.0883 e. The second kappa shape index (κ2) is 2.58. The Morgan fingerprint density at radius 3 is 2.62 bits per heavy atom. The summed E-state index contributed by atoms with van der Waals surface area (Å²) in [7, 11) is 0. The van der Waals surface area contributed by atoms with Gasteiger partial charge in [0, 0.05) is 0 Å². The second-order valence-corrected chi connectivity index (χ2v) is 4.33. The molecule has 0 saturated carbocycles. The first-order chi connectivity index (χ1) is 6.02. The Balaban J connectivity index is 2.64. The molecule has 1 aromatic rings. The van der Waals surface area contributed by atoms with Crippen molar-refractivity contribution in [2.24, 2.45) is 0 Å². The van der Waals surface area contributed by atoms with E-state index in [1.165, 1.54) is 22.3 Å². The van der Waals surface area contributed by atoms with Crippen molar-refractivity contribution < 1.29 is 4.74 Å². The molecular formula is C12H16O. The van der Waals surface area contributed by atoms with Gasteiger partial charge in [0.1, 0.15) is 0 Å². The van der Waals surface area contributed by atoms with Gasteiger partial charge < -0.3 is 4.74 Å². The van der Waals surface area contributed by atoms with Crippen LogP contribution >= 0.6 is 0 Å². The third-order valence-corrected chi connectivity index (χ3v) is 3.10. The molecule has 0 radical (unpaired) electrons. The molecule has 0 fully saturated rings. The van der Waals surface area contributed by atoms with E-state index in [0.29, 0.717) is 0 Å². The van der Waals surface area contributed by atoms with Crippen molar-refractivity contribution in [3.8, 4) is 0 Å². The standard InChI is InChI=1S/C12H16O/c1-8-5-6-11-10(9(8)2)7-13-12(11,3)4/h5-6H,7H2,1-4H3. The van der Waals surface area contributed by atoms with Crippen LogP contribution in [-0.2, 0) is 16.9 Å². The zero-order chi connectivity index (χ0) is 9.64. The van der Waals surface area contributed by atoms with Crippen molar-refractivity contribution >= 4 is 0 Å². The Labute approximate surface area is 79.7 Å². The maximum Gasteiger partial charge on any atom is 0.0883 e. The number of hydrogen-bond donors (Lipinski definition) is 0. The van der Waals surface area contributed by atoms with E-state index >= 15 is 0 Å². The highest BCUT2D eigenvalue weighted by Gasteiger charge is 2.31. The van der Waals surface area contributed by atoms with Crippen LogP contribution in [0.4, 0.5) is 0 Å². The monoisotopic (exact) mass is 176 g/mol. The summed E-state index contributed by atoms with van der Waals surface area (Å²) in [6.07, 6.45) is 0. The Kier molecular flexibility index (Phi) is 1.74. The van der Waals surface area contributed by atoms with Crippen LogP contribution in [-0.4, -0.2) is 0 Å². The van der Waals surface area contributed by atoms with Crippen LogP contribution in [0.15, 0.2) is 12.1 Å². The molecule has 0 bridgehead atoms. The van der Waals surface area contributed by atoms with Crippen LogP contribution in [0.3, 0.4) is 0 Å². The summed E-state index contributed by atoms with van der Waals surface area (Å²) in [5.41, 5.74) is 5.41. The first kappa shape index (κ1) is 8.76. The molecule has 13 heavy (non-hydrogen) atoms. The van der Waals surface area contributed by atoms with E-state index in [9.17, 15) is 0 Å². The van der Waals surface area contributed by atoms with Crippen molar-refractivity contribution in [2.45, 2.75) is 39.9 Å². The number of ether oxygens (including phenoxy) is 1. The van der Waals surface area contributed by atoms with Crippen molar-refractivity contribution in [1.29, 1.82) is 0 Å². The number of benzene rings is 1. The van der Waals surface area contributed by atoms with Crippen LogP contribution in [0.2, 0.25) is 0 Å². The summed E-state index contributed by atoms with van der Waals surface area (Å²) in [6, 6.07) is 4.38. The molecule has 0 aliphatic carbocycles. The van der Waals surface area contributed by atoms with E-state index in [4.69, 9.17) is 4.74 Å². The lowest BCUT2D eigenvalue weighted by atomic mass is 9.91. The fourth-order valence-corrected chi connectivity index (χ4v) is 1.95. The third-order valence-electron chi connectivity index (χ3n) is 3.10.